The van der Waals surface area contributed by atoms with Crippen LogP contribution in [0.2, 0.25) is 0 Å². The molecule has 56 heavy (non-hydrogen) atoms. The number of nitro benzene ring substituents is 3. The van der Waals surface area contributed by atoms with Crippen molar-refractivity contribution in [2.75, 3.05) is 0 Å². The minimum atomic E-state index is -0.404. The van der Waals surface area contributed by atoms with Gasteiger partial charge in [-0.05, 0) is 136 Å². The topological polar surface area (TPSA) is 129 Å². The van der Waals surface area contributed by atoms with Crippen LogP contribution in [-0.4, -0.2) is 14.8 Å². The van der Waals surface area contributed by atoms with Crippen LogP contribution in [0.25, 0.3) is 33.4 Å². The molecule has 276 valence electrons. The van der Waals surface area contributed by atoms with E-state index in [1.165, 1.54) is 42.0 Å². The third-order valence-electron chi connectivity index (χ3n) is 9.84. The first kappa shape index (κ1) is 37.1. The van der Waals surface area contributed by atoms with Crippen molar-refractivity contribution in [1.29, 1.82) is 0 Å². The van der Waals surface area contributed by atoms with E-state index in [1.807, 2.05) is 25.1 Å². The Morgan fingerprint density at radius 1 is 0.357 bits per heavy atom. The van der Waals surface area contributed by atoms with Crippen LogP contribution < -0.4 is 0 Å². The molecule has 0 bridgehead atoms. The van der Waals surface area contributed by atoms with Gasteiger partial charge in [0.25, 0.3) is 17.1 Å². The van der Waals surface area contributed by atoms with Crippen molar-refractivity contribution in [3.05, 3.63) is 227 Å². The van der Waals surface area contributed by atoms with Crippen LogP contribution in [0.5, 0.6) is 0 Å². The van der Waals surface area contributed by atoms with Crippen molar-refractivity contribution in [2.45, 2.75) is 32.6 Å². The Balaban J connectivity index is 1.26. The highest BCUT2D eigenvalue weighted by molar-refractivity contribution is 5.70. The lowest BCUT2D eigenvalue weighted by Crippen LogP contribution is -1.98. The molecule has 0 aliphatic carbocycles. The fourth-order valence-electron chi connectivity index (χ4n) is 7.17. The van der Waals surface area contributed by atoms with E-state index in [9.17, 15) is 30.3 Å². The summed E-state index contributed by atoms with van der Waals surface area (Å²) in [5.41, 5.74) is 13.4. The number of benzene rings is 7. The predicted molar refractivity (Wildman–Crippen MR) is 220 cm³/mol. The highest BCUT2D eigenvalue weighted by Gasteiger charge is 2.13. The van der Waals surface area contributed by atoms with E-state index in [0.29, 0.717) is 12.8 Å². The molecule has 7 aromatic rings. The summed E-state index contributed by atoms with van der Waals surface area (Å²) in [5, 5.41) is 34.1. The van der Waals surface area contributed by atoms with Gasteiger partial charge in [0.15, 0.2) is 0 Å². The minimum absolute atomic E-state index is 0.0229. The van der Waals surface area contributed by atoms with Crippen LogP contribution in [-0.2, 0) is 25.7 Å². The van der Waals surface area contributed by atoms with E-state index in [0.717, 1.165) is 79.6 Å². The van der Waals surface area contributed by atoms with E-state index in [1.54, 1.807) is 36.4 Å². The Bertz CT molecular complexity index is 2550. The molecule has 0 atom stereocenters. The second kappa shape index (κ2) is 16.4. The minimum Gasteiger partial charge on any atom is -0.258 e. The van der Waals surface area contributed by atoms with Crippen LogP contribution in [0.4, 0.5) is 17.1 Å². The molecule has 0 aliphatic rings. The van der Waals surface area contributed by atoms with Crippen LogP contribution in [0, 0.1) is 37.3 Å². The van der Waals surface area contributed by atoms with Gasteiger partial charge in [0.2, 0.25) is 0 Å². The molecular formula is C47H37N3O6. The quantitative estimate of drug-likeness (QED) is 0.0855. The number of nitrogens with zero attached hydrogens (tertiary/aromatic N) is 3. The zero-order valence-corrected chi connectivity index (χ0v) is 30.6. The van der Waals surface area contributed by atoms with Gasteiger partial charge in [-0.25, -0.2) is 0 Å². The van der Waals surface area contributed by atoms with Gasteiger partial charge in [0.05, 0.1) is 14.8 Å². The molecule has 7 rings (SSSR count). The van der Waals surface area contributed by atoms with Gasteiger partial charge >= 0.3 is 0 Å². The van der Waals surface area contributed by atoms with Crippen molar-refractivity contribution in [3.8, 4) is 33.4 Å². The fraction of sp³-hybridized carbons (Fsp3) is 0.106. The summed E-state index contributed by atoms with van der Waals surface area (Å²) in [7, 11) is 0. The zero-order valence-electron chi connectivity index (χ0n) is 30.6. The Morgan fingerprint density at radius 2 is 0.696 bits per heavy atom. The van der Waals surface area contributed by atoms with Crippen molar-refractivity contribution >= 4 is 17.1 Å². The Labute approximate surface area is 324 Å². The van der Waals surface area contributed by atoms with Gasteiger partial charge < -0.3 is 0 Å². The summed E-state index contributed by atoms with van der Waals surface area (Å²) in [6.45, 7) is 2.03. The van der Waals surface area contributed by atoms with Crippen LogP contribution >= 0.6 is 0 Å². The van der Waals surface area contributed by atoms with Crippen molar-refractivity contribution in [1.82, 2.24) is 0 Å². The third kappa shape index (κ3) is 9.09. The van der Waals surface area contributed by atoms with Gasteiger partial charge in [-0.2, -0.15) is 0 Å². The molecule has 0 amide bonds. The lowest BCUT2D eigenvalue weighted by Gasteiger charge is -2.14. The van der Waals surface area contributed by atoms with E-state index in [-0.39, 0.29) is 17.1 Å². The molecule has 9 heteroatoms. The van der Waals surface area contributed by atoms with Gasteiger partial charge in [0, 0.05) is 36.4 Å². The van der Waals surface area contributed by atoms with E-state index >= 15 is 0 Å². The Hall–Kier alpha value is -7.26. The summed E-state index contributed by atoms with van der Waals surface area (Å²) in [6, 6.07) is 49.4. The smallest absolute Gasteiger partial charge is 0.258 e. The maximum absolute atomic E-state index is 11.4. The van der Waals surface area contributed by atoms with Crippen LogP contribution in [0.3, 0.4) is 0 Å². The summed E-state index contributed by atoms with van der Waals surface area (Å²) in [4.78, 5) is 32.9. The largest absolute Gasteiger partial charge is 0.269 e. The number of hydrogen-bond acceptors (Lipinski definition) is 6. The lowest BCUT2D eigenvalue weighted by molar-refractivity contribution is -0.385. The average Bonchev–Trinajstić information content (AvgIpc) is 3.20. The monoisotopic (exact) mass is 739 g/mol. The van der Waals surface area contributed by atoms with E-state index in [2.05, 4.69) is 66.7 Å². The molecule has 0 fully saturated rings. The van der Waals surface area contributed by atoms with Gasteiger partial charge in [-0.1, -0.05) is 90.5 Å². The first-order chi connectivity index (χ1) is 27.1. The van der Waals surface area contributed by atoms with E-state index < -0.39 is 14.8 Å². The molecule has 0 saturated heterocycles. The second-order valence-electron chi connectivity index (χ2n) is 14.0. The Kier molecular flexibility index (Phi) is 10.9. The van der Waals surface area contributed by atoms with Gasteiger partial charge in [0.1, 0.15) is 0 Å². The van der Waals surface area contributed by atoms with Gasteiger partial charge in [-0.15, -0.1) is 0 Å². The zero-order chi connectivity index (χ0) is 39.2. The van der Waals surface area contributed by atoms with E-state index in [4.69, 9.17) is 0 Å². The number of hydrogen-bond donors (Lipinski definition) is 0. The predicted octanol–water partition coefficient (Wildman–Crippen LogP) is 11.7. The molecule has 0 heterocycles. The standard InChI is InChI=1S/C47H37N3O6/c1-32-21-35(28-42(22-32)39-9-15-45(16-10-39)48(51)52)24-37-26-38(31-44(30-37)41-13-19-47(20-14-41)50(55)56)25-36-23-34(8-7-33-5-3-2-4-6-33)27-43(29-36)40-11-17-46(18-12-40)49(53)54/h2-6,9-23,26-31H,7-8,24-25H2,1H3. The number of aryl methyl sites for hydroxylation is 3. The first-order valence-corrected chi connectivity index (χ1v) is 18.2. The maximum Gasteiger partial charge on any atom is 0.269 e. The molecule has 7 aromatic carbocycles. The molecule has 0 unspecified atom stereocenters. The summed E-state index contributed by atoms with van der Waals surface area (Å²) < 4.78 is 0. The van der Waals surface area contributed by atoms with Gasteiger partial charge in [-0.3, -0.25) is 30.3 Å². The maximum atomic E-state index is 11.4. The Morgan fingerprint density at radius 3 is 1.11 bits per heavy atom. The van der Waals surface area contributed by atoms with Crippen molar-refractivity contribution < 1.29 is 14.8 Å². The van der Waals surface area contributed by atoms with Crippen molar-refractivity contribution in [3.63, 3.8) is 0 Å². The number of non-ortho nitro benzene ring substituents is 3. The van der Waals surface area contributed by atoms with Crippen LogP contribution in [0.15, 0.2) is 158 Å². The number of rotatable bonds is 13. The lowest BCUT2D eigenvalue weighted by atomic mass is 9.90. The summed E-state index contributed by atoms with van der Waals surface area (Å²) in [5.74, 6) is 0. The first-order valence-electron chi connectivity index (χ1n) is 18.2. The van der Waals surface area contributed by atoms with Crippen molar-refractivity contribution in [2.24, 2.45) is 0 Å². The molecule has 0 spiro atoms. The molecule has 9 nitrogen and oxygen atoms in total. The SMILES string of the molecule is Cc1cc(Cc2cc(Cc3cc(CCc4ccccc4)cc(-c4ccc([N+](=O)[O-])cc4)c3)cc(-c3ccc([N+](=O)[O-])cc3)c2)cc(-c2ccc([N+](=O)[O-])cc2)c1. The highest BCUT2D eigenvalue weighted by Crippen LogP contribution is 2.31. The molecule has 0 aliphatic heterocycles. The number of nitro groups is 3. The van der Waals surface area contributed by atoms with Crippen LogP contribution in [0.1, 0.15) is 38.9 Å². The normalized spacial score (nSPS) is 10.9. The highest BCUT2D eigenvalue weighted by atomic mass is 16.6. The third-order valence-corrected chi connectivity index (χ3v) is 9.84. The second-order valence-corrected chi connectivity index (χ2v) is 14.0. The molecule has 0 N–H and O–H groups in total. The fourth-order valence-corrected chi connectivity index (χ4v) is 7.17. The molecular weight excluding hydrogens is 703 g/mol. The molecule has 0 saturated carbocycles. The summed E-state index contributed by atoms with van der Waals surface area (Å²) in [6.07, 6.45) is 2.90. The molecule has 0 radical (unpaired) electrons. The average molecular weight is 740 g/mol. The molecule has 0 aromatic heterocycles. The summed E-state index contributed by atoms with van der Waals surface area (Å²) >= 11 is 0.